The SMILES string of the molecule is Cc1ccc2c(c1)C(C)(C)/C(=C\C=C1/CCCC(/C=C/C3=[N+](CCCCS(=O)(=O)[O-])c4ccc(CS(=O)(=O)O)cc4C3(C)C)=C1O[13c]1[13cH][13cH][13c]([13CH2][13C@H](NC(=O)c3ccc(NCc4cnc5nc(N)[nH]c(=O)c5n4)cc3)[13C](=O)O)[13cH][13cH]1)N2CCCCS(=O)(=O)O.[HH].[W].[Y]. The third kappa shape index (κ3) is 18.2. The van der Waals surface area contributed by atoms with Crippen LogP contribution in [0.25, 0.3) is 11.2 Å². The van der Waals surface area contributed by atoms with Gasteiger partial charge in [0, 0.05) is 126 Å². The van der Waals surface area contributed by atoms with Crippen LogP contribution in [0.15, 0.2) is 143 Å². The number of hydrogen-bond donors (Lipinski definition) is 7. The van der Waals surface area contributed by atoms with Gasteiger partial charge in [0.2, 0.25) is 11.6 Å². The second-order valence-corrected chi connectivity index (χ2v) is 28.1. The number of nitrogens with zero attached hydrogens (tertiary/aromatic N) is 5. The van der Waals surface area contributed by atoms with Gasteiger partial charge in [-0.1, -0.05) is 55.8 Å². The zero-order valence-corrected chi connectivity index (χ0v) is 59.0. The number of carbonyl (C=O) groups excluding carboxylic acids is 1. The first-order valence-electron chi connectivity index (χ1n) is 28.9. The Morgan fingerprint density at radius 1 is 0.857 bits per heavy atom. The Morgan fingerprint density at radius 3 is 2.24 bits per heavy atom. The minimum atomic E-state index is -4.47. The number of hydrogen-bond acceptors (Lipinski definition) is 17. The van der Waals surface area contributed by atoms with E-state index < -0.39 is 76.2 Å². The number of rotatable bonds is 25. The molecule has 8 N–H and O–H groups in total. The molecule has 1 aliphatic carbocycles. The van der Waals surface area contributed by atoms with Crippen LogP contribution in [0.5, 0.6) is 5.75 Å². The number of amides is 1. The summed E-state index contributed by atoms with van der Waals surface area (Å²) in [6, 6.07) is 23.3. The Morgan fingerprint density at radius 2 is 1.56 bits per heavy atom. The predicted molar refractivity (Wildman–Crippen MR) is 340 cm³/mol. The van der Waals surface area contributed by atoms with Gasteiger partial charge in [-0.05, 0) is 148 Å². The number of fused-ring (bicyclic) bond motifs is 3. The number of allylic oxidation sites excluding steroid dienone is 7. The van der Waals surface area contributed by atoms with Crippen LogP contribution in [-0.2, 0) is 118 Å². The van der Waals surface area contributed by atoms with Crippen LogP contribution in [0, 0.1) is 6.92 Å². The molecule has 1 amide bonds. The fraction of sp³-hybridized carbons (Fsp3) is 0.349. The number of aliphatic carboxylic acids is 1. The van der Waals surface area contributed by atoms with Gasteiger partial charge >= 0.3 is 5.97 Å². The molecule has 9 rings (SSSR count). The molecular weight excluding hydrogens is 1480 g/mol. The van der Waals surface area contributed by atoms with E-state index >= 15 is 0 Å². The third-order valence-corrected chi connectivity index (χ3v) is 18.4. The summed E-state index contributed by atoms with van der Waals surface area (Å²) in [5, 5.41) is 16.1. The first kappa shape index (κ1) is 71.8. The normalized spacial score (nSPS) is 16.6. The maximum absolute atomic E-state index is 13.5. The van der Waals surface area contributed by atoms with E-state index in [9.17, 15) is 58.4 Å². The van der Waals surface area contributed by atoms with E-state index in [2.05, 4.69) is 67.5 Å². The van der Waals surface area contributed by atoms with E-state index in [0.29, 0.717) is 72.8 Å². The van der Waals surface area contributed by atoms with E-state index in [1.165, 1.54) is 6.20 Å². The summed E-state index contributed by atoms with van der Waals surface area (Å²) in [5.74, 6) is -2.46. The van der Waals surface area contributed by atoms with Crippen molar-refractivity contribution in [2.45, 2.75) is 115 Å². The molecule has 4 aromatic carbocycles. The number of carbonyl (C=O) groups is 2. The first-order chi connectivity index (χ1) is 41.9. The van der Waals surface area contributed by atoms with Crippen molar-refractivity contribution in [1.29, 1.82) is 0 Å². The van der Waals surface area contributed by atoms with Gasteiger partial charge in [-0.3, -0.25) is 23.7 Å². The number of ether oxygens (including phenoxy) is 1. The van der Waals surface area contributed by atoms with Crippen LogP contribution in [0.4, 0.5) is 23.0 Å². The molecule has 0 saturated heterocycles. The molecule has 2 aliphatic heterocycles. The average Bonchev–Trinajstić information content (AvgIpc) is 1.60. The molecule has 6 aromatic rings. The van der Waals surface area contributed by atoms with E-state index in [1.54, 1.807) is 66.7 Å². The Bertz CT molecular complexity index is 4350. The molecule has 0 saturated carbocycles. The van der Waals surface area contributed by atoms with Crippen LogP contribution < -0.4 is 31.6 Å². The standard InChI is InChI=1S/C63H71N9O14S3.W.Y.H2/c1-39-13-25-51-48(33-39)62(2,3)53(71(51)29-6-8-31-87(77,78)79)27-19-42-11-10-12-43(20-28-54-63(4,5)49-34-41(38-89(83,84)85)16-26-52(49)72(54)30-7-9-32-88(80,81)82)56(42)86-47-23-14-40(15-24-47)35-50(60(75)76)68-58(73)44-17-21-45(22-18-44)65-36-46-37-66-57-55(67-46)59(74)70-61(64)69-57;;;/h13-28,33-34,37,50H,6-12,29-32,35-36,38H2,1-5H3,(H8-,64,65,66,68,69,70,73,74,75,76,77,78,79,80,81,82,83,84,85);;;1H/t50-;;;/m0.../s1/i14+1,15+1,23+1,24+1,35+1,40+1,47+1,50+1,60+1;;;. The van der Waals surface area contributed by atoms with Crippen LogP contribution in [0.1, 0.15) is 118 Å². The average molecular weight is 1560 g/mol. The van der Waals surface area contributed by atoms with Gasteiger partial charge in [-0.15, -0.1) is 0 Å². The second-order valence-electron chi connectivity index (χ2n) is 23.5. The Balaban J connectivity index is 0.00000448. The van der Waals surface area contributed by atoms with E-state index in [1.807, 2.05) is 49.6 Å². The van der Waals surface area contributed by atoms with Gasteiger partial charge in [0.15, 0.2) is 16.9 Å². The molecule has 0 spiro atoms. The van der Waals surface area contributed by atoms with Gasteiger partial charge in [0.1, 0.15) is 29.8 Å². The number of nitrogens with one attached hydrogen (secondary N) is 3. The van der Waals surface area contributed by atoms with Gasteiger partial charge in [-0.2, -0.15) is 26.4 Å². The number of nitrogen functional groups attached to an aromatic ring is 1. The zero-order valence-electron chi connectivity index (χ0n) is 50.8. The van der Waals surface area contributed by atoms with Crippen LogP contribution in [0.2, 0.25) is 0 Å². The van der Waals surface area contributed by atoms with Crippen LogP contribution in [-0.4, -0.2) is 117 Å². The number of H-pyrrole nitrogens is 1. The number of aromatic nitrogens is 4. The largest absolute Gasteiger partial charge is 0.748 e. The molecule has 481 valence electrons. The molecule has 23 nitrogen and oxygen atoms in total. The maximum atomic E-state index is 13.5. The fourth-order valence-electron chi connectivity index (χ4n) is 11.6. The summed E-state index contributed by atoms with van der Waals surface area (Å²) >= 11 is 0. The molecule has 1 atom stereocenters. The summed E-state index contributed by atoms with van der Waals surface area (Å²) < 4.78 is 111. The summed E-state index contributed by atoms with van der Waals surface area (Å²) in [5.41, 5.74) is 14.3. The number of unbranched alkanes of at least 4 members (excludes halogenated alkanes) is 2. The Kier molecular flexibility index (Phi) is 23.3. The second kappa shape index (κ2) is 29.6. The van der Waals surface area contributed by atoms with Crippen molar-refractivity contribution in [2.24, 2.45) is 0 Å². The van der Waals surface area contributed by atoms with E-state index in [0.717, 1.165) is 57.0 Å². The fourth-order valence-corrected chi connectivity index (χ4v) is 13.3. The number of aryl methyl sites for hydroxylation is 1. The quantitative estimate of drug-likeness (QED) is 0.0122. The molecule has 3 aliphatic rings. The Labute approximate surface area is 569 Å². The van der Waals surface area contributed by atoms with Crippen LogP contribution >= 0.6 is 0 Å². The number of benzene rings is 4. The van der Waals surface area contributed by atoms with Crippen LogP contribution in [0.3, 0.4) is 0 Å². The molecule has 91 heavy (non-hydrogen) atoms. The third-order valence-electron chi connectivity index (χ3n) is 16.1. The molecular formula is C63H73N9O14S3WY. The summed E-state index contributed by atoms with van der Waals surface area (Å²) in [6.07, 6.45) is 12.5. The van der Waals surface area contributed by atoms with Gasteiger partial charge in [0.25, 0.3) is 31.7 Å². The number of aromatic amines is 1. The van der Waals surface area contributed by atoms with Crippen molar-refractivity contribution in [3.63, 3.8) is 0 Å². The summed E-state index contributed by atoms with van der Waals surface area (Å²) in [6.45, 7) is 11.3. The summed E-state index contributed by atoms with van der Waals surface area (Å²) in [4.78, 5) is 55.6. The Hall–Kier alpha value is -6.61. The number of carboxylic acids is 1. The van der Waals surface area contributed by atoms with Crippen molar-refractivity contribution >= 4 is 82.1 Å². The van der Waals surface area contributed by atoms with Crippen molar-refractivity contribution in [2.75, 3.05) is 40.5 Å². The van der Waals surface area contributed by atoms with Gasteiger partial charge in [-0.25, -0.2) is 23.2 Å². The molecule has 0 fully saturated rings. The first-order valence-corrected chi connectivity index (χ1v) is 33.7. The van der Waals surface area contributed by atoms with Gasteiger partial charge in [0.05, 0.1) is 39.7 Å². The van der Waals surface area contributed by atoms with E-state index in [4.69, 9.17) is 10.5 Å². The maximum Gasteiger partial charge on any atom is 0.326 e. The molecule has 2 aromatic heterocycles. The topological polar surface area (TPSA) is 357 Å². The zero-order chi connectivity index (χ0) is 64.2. The minimum absolute atomic E-state index is 0. The number of nitrogens with two attached hydrogens (primary N) is 1. The van der Waals surface area contributed by atoms with Crippen molar-refractivity contribution in [3.05, 3.63) is 187 Å². The van der Waals surface area contributed by atoms with Gasteiger partial charge < -0.3 is 35.7 Å². The number of carboxylic acid groups (broad SMARTS) is 1. The predicted octanol–water partition coefficient (Wildman–Crippen LogP) is 8.32. The number of anilines is 3. The van der Waals surface area contributed by atoms with Crippen molar-refractivity contribution in [1.82, 2.24) is 25.3 Å². The van der Waals surface area contributed by atoms with Crippen molar-refractivity contribution < 1.29 is 118 Å². The van der Waals surface area contributed by atoms with E-state index in [-0.39, 0.29) is 109 Å². The van der Waals surface area contributed by atoms with Crippen molar-refractivity contribution in [3.8, 4) is 5.75 Å². The molecule has 0 bridgehead atoms. The molecule has 4 heterocycles. The molecule has 28 heteroatoms. The monoisotopic (exact) mass is 1560 g/mol. The summed E-state index contributed by atoms with van der Waals surface area (Å²) in [7, 11) is -13.0. The molecule has 1 radical (unpaired) electrons. The minimum Gasteiger partial charge on any atom is -0.748 e. The molecule has 0 unspecified atom stereocenters. The smallest absolute Gasteiger partial charge is 0.326 e.